The number of esters is 1. The summed E-state index contributed by atoms with van der Waals surface area (Å²) in [5, 5.41) is 9.30. The molecule has 238 valence electrons. The van der Waals surface area contributed by atoms with Gasteiger partial charge in [-0.25, -0.2) is 0 Å². The lowest BCUT2D eigenvalue weighted by Gasteiger charge is -2.06. The molecule has 3 heteroatoms. The zero-order valence-electron chi connectivity index (χ0n) is 27.3. The van der Waals surface area contributed by atoms with Crippen LogP contribution in [0.1, 0.15) is 192 Å². The number of carbonyl (C=O) groups excluding carboxylic acids is 1. The van der Waals surface area contributed by atoms with Crippen molar-refractivity contribution in [2.75, 3.05) is 6.61 Å². The van der Waals surface area contributed by atoms with Crippen molar-refractivity contribution in [3.05, 3.63) is 29.8 Å². The number of benzene rings is 1. The van der Waals surface area contributed by atoms with Crippen LogP contribution in [0, 0.1) is 0 Å². The van der Waals surface area contributed by atoms with Gasteiger partial charge in [-0.05, 0) is 24.1 Å². The van der Waals surface area contributed by atoms with Gasteiger partial charge in [-0.1, -0.05) is 186 Å². The molecule has 1 aromatic rings. The molecule has 41 heavy (non-hydrogen) atoms. The average Bonchev–Trinajstić information content (AvgIpc) is 2.98. The number of aromatic hydroxyl groups is 1. The summed E-state index contributed by atoms with van der Waals surface area (Å²) in [5.74, 6) is 0.185. The van der Waals surface area contributed by atoms with E-state index < -0.39 is 0 Å². The van der Waals surface area contributed by atoms with E-state index in [1.165, 1.54) is 161 Å². The molecule has 1 rings (SSSR count). The lowest BCUT2D eigenvalue weighted by atomic mass is 10.0. The topological polar surface area (TPSA) is 46.5 Å². The van der Waals surface area contributed by atoms with E-state index in [0.717, 1.165) is 18.4 Å². The number of hydrogen-bond donors (Lipinski definition) is 1. The zero-order chi connectivity index (χ0) is 29.5. The number of phenolic OH excluding ortho intramolecular Hbond substituents is 1. The summed E-state index contributed by atoms with van der Waals surface area (Å²) in [6.07, 6.45) is 39.0. The van der Waals surface area contributed by atoms with E-state index in [9.17, 15) is 9.90 Å². The predicted octanol–water partition coefficient (Wildman–Crippen LogP) is 12.4. The van der Waals surface area contributed by atoms with Gasteiger partial charge < -0.3 is 9.84 Å². The lowest BCUT2D eigenvalue weighted by Crippen LogP contribution is -2.07. The molecule has 1 N–H and O–H groups in total. The first-order valence-corrected chi connectivity index (χ1v) is 18.2. The number of carbonyl (C=O) groups is 1. The summed E-state index contributed by atoms with van der Waals surface area (Å²) in [5.41, 5.74) is 1.08. The van der Waals surface area contributed by atoms with E-state index in [0.29, 0.717) is 19.4 Å². The Morgan fingerprint density at radius 1 is 0.512 bits per heavy atom. The highest BCUT2D eigenvalue weighted by Gasteiger charge is 2.03. The maximum Gasteiger partial charge on any atom is 0.305 e. The van der Waals surface area contributed by atoms with E-state index in [2.05, 4.69) is 6.92 Å². The van der Waals surface area contributed by atoms with E-state index in [1.54, 1.807) is 12.1 Å². The van der Waals surface area contributed by atoms with Crippen molar-refractivity contribution in [1.29, 1.82) is 0 Å². The van der Waals surface area contributed by atoms with Gasteiger partial charge >= 0.3 is 5.97 Å². The first kappa shape index (κ1) is 37.5. The number of rotatable bonds is 31. The van der Waals surface area contributed by atoms with Crippen LogP contribution in [0.4, 0.5) is 0 Å². The van der Waals surface area contributed by atoms with Gasteiger partial charge in [-0.15, -0.1) is 0 Å². The molecule has 0 amide bonds. The quantitative estimate of drug-likeness (QED) is 0.0711. The molecule has 0 aliphatic carbocycles. The maximum absolute atomic E-state index is 11.9. The van der Waals surface area contributed by atoms with Crippen LogP contribution >= 0.6 is 0 Å². The summed E-state index contributed by atoms with van der Waals surface area (Å²) in [7, 11) is 0. The summed E-state index contributed by atoms with van der Waals surface area (Å²) in [6.45, 7) is 2.72. The summed E-state index contributed by atoms with van der Waals surface area (Å²) in [4.78, 5) is 11.9. The Balaban J connectivity index is 1.68. The molecule has 0 aliphatic heterocycles. The van der Waals surface area contributed by atoms with Crippen molar-refractivity contribution < 1.29 is 14.6 Å². The molecule has 0 bridgehead atoms. The Morgan fingerprint density at radius 3 is 1.17 bits per heavy atom. The van der Waals surface area contributed by atoms with Gasteiger partial charge in [0.2, 0.25) is 0 Å². The van der Waals surface area contributed by atoms with Crippen LogP contribution in [0.15, 0.2) is 24.3 Å². The highest BCUT2D eigenvalue weighted by Crippen LogP contribution is 2.16. The molecule has 0 atom stereocenters. The number of ether oxygens (including phenoxy) is 1. The molecule has 0 radical (unpaired) electrons. The first-order valence-electron chi connectivity index (χ1n) is 18.2. The number of hydrogen-bond acceptors (Lipinski definition) is 3. The third-order valence-corrected chi connectivity index (χ3v) is 8.57. The van der Waals surface area contributed by atoms with Gasteiger partial charge in [0.25, 0.3) is 0 Å². The average molecular weight is 573 g/mol. The minimum absolute atomic E-state index is 0.0802. The van der Waals surface area contributed by atoms with Crippen LogP contribution in [-0.2, 0) is 16.0 Å². The van der Waals surface area contributed by atoms with Crippen LogP contribution in [0.2, 0.25) is 0 Å². The van der Waals surface area contributed by atoms with Gasteiger partial charge in [0, 0.05) is 12.8 Å². The highest BCUT2D eigenvalue weighted by atomic mass is 16.5. The molecular formula is C38H68O3. The molecule has 0 saturated carbocycles. The third kappa shape index (κ3) is 27.1. The van der Waals surface area contributed by atoms with Crippen LogP contribution in [0.25, 0.3) is 0 Å². The maximum atomic E-state index is 11.9. The van der Waals surface area contributed by atoms with E-state index in [-0.39, 0.29) is 11.7 Å². The molecule has 0 heterocycles. The number of unbranched alkanes of at least 4 members (excludes halogenated alkanes) is 26. The fourth-order valence-corrected chi connectivity index (χ4v) is 5.78. The minimum atomic E-state index is -0.0802. The van der Waals surface area contributed by atoms with Gasteiger partial charge in [-0.2, -0.15) is 0 Å². The molecule has 0 spiro atoms. The first-order chi connectivity index (χ1) is 20.2. The summed E-state index contributed by atoms with van der Waals surface area (Å²) < 4.78 is 5.33. The largest absolute Gasteiger partial charge is 0.508 e. The fraction of sp³-hybridized carbons (Fsp3) is 0.816. The van der Waals surface area contributed by atoms with Gasteiger partial charge in [0.05, 0.1) is 6.61 Å². The molecular weight excluding hydrogens is 504 g/mol. The smallest absolute Gasteiger partial charge is 0.305 e. The summed E-state index contributed by atoms with van der Waals surface area (Å²) >= 11 is 0. The second-order valence-electron chi connectivity index (χ2n) is 12.6. The molecule has 1 aromatic carbocycles. The molecule has 0 unspecified atom stereocenters. The zero-order valence-corrected chi connectivity index (χ0v) is 27.3. The van der Waals surface area contributed by atoms with Crippen molar-refractivity contribution in [1.82, 2.24) is 0 Å². The second kappa shape index (κ2) is 30.0. The van der Waals surface area contributed by atoms with Crippen LogP contribution in [0.3, 0.4) is 0 Å². The molecule has 0 fully saturated rings. The van der Waals surface area contributed by atoms with Crippen molar-refractivity contribution in [3.63, 3.8) is 0 Å². The normalized spacial score (nSPS) is 11.2. The van der Waals surface area contributed by atoms with E-state index in [1.807, 2.05) is 12.1 Å². The van der Waals surface area contributed by atoms with Crippen LogP contribution in [-0.4, -0.2) is 17.7 Å². The van der Waals surface area contributed by atoms with Gasteiger partial charge in [0.15, 0.2) is 0 Å². The Kier molecular flexibility index (Phi) is 27.4. The van der Waals surface area contributed by atoms with Crippen LogP contribution < -0.4 is 0 Å². The van der Waals surface area contributed by atoms with Crippen molar-refractivity contribution in [2.24, 2.45) is 0 Å². The Hall–Kier alpha value is -1.51. The third-order valence-electron chi connectivity index (χ3n) is 8.57. The fourth-order valence-electron chi connectivity index (χ4n) is 5.78. The Bertz CT molecular complexity index is 669. The monoisotopic (exact) mass is 573 g/mol. The van der Waals surface area contributed by atoms with Crippen molar-refractivity contribution >= 4 is 5.97 Å². The Morgan fingerprint density at radius 2 is 0.829 bits per heavy atom. The Labute approximate surface area is 255 Å². The van der Waals surface area contributed by atoms with E-state index >= 15 is 0 Å². The van der Waals surface area contributed by atoms with Gasteiger partial charge in [0.1, 0.15) is 5.75 Å². The SMILES string of the molecule is CCCCCCCCCCCCCCCCCCCCCCCCCCCCCC(=O)OCCc1ccc(O)cc1. The molecule has 0 saturated heterocycles. The van der Waals surface area contributed by atoms with Crippen molar-refractivity contribution in [2.45, 2.75) is 193 Å². The molecule has 3 nitrogen and oxygen atoms in total. The van der Waals surface area contributed by atoms with Gasteiger partial charge in [-0.3, -0.25) is 4.79 Å². The lowest BCUT2D eigenvalue weighted by molar-refractivity contribution is -0.143. The highest BCUT2D eigenvalue weighted by molar-refractivity contribution is 5.69. The van der Waals surface area contributed by atoms with E-state index in [4.69, 9.17) is 4.74 Å². The molecule has 0 aliphatic rings. The van der Waals surface area contributed by atoms with Crippen molar-refractivity contribution in [3.8, 4) is 5.75 Å². The minimum Gasteiger partial charge on any atom is -0.508 e. The van der Waals surface area contributed by atoms with Crippen LogP contribution in [0.5, 0.6) is 5.75 Å². The standard InChI is InChI=1S/C38H68O3/c1-2-3-4-5-6-7-8-9-10-11-12-13-14-15-16-17-18-19-20-21-22-23-24-25-26-27-28-29-38(40)41-35-34-36-30-32-37(39)33-31-36/h30-33,39H,2-29,34-35H2,1H3. The summed E-state index contributed by atoms with van der Waals surface area (Å²) in [6, 6.07) is 7.07. The number of phenols is 1. The second-order valence-corrected chi connectivity index (χ2v) is 12.6. The molecule has 0 aromatic heterocycles. The predicted molar refractivity (Wildman–Crippen MR) is 178 cm³/mol.